The van der Waals surface area contributed by atoms with Gasteiger partial charge in [-0.1, -0.05) is 25.3 Å². The van der Waals surface area contributed by atoms with Gasteiger partial charge in [0.25, 0.3) is 5.91 Å². The van der Waals surface area contributed by atoms with E-state index in [4.69, 9.17) is 14.5 Å². The molecule has 5 nitrogen and oxygen atoms in total. The average Bonchev–Trinajstić information content (AvgIpc) is 2.95. The van der Waals surface area contributed by atoms with Crippen LogP contribution in [0.1, 0.15) is 37.7 Å². The number of aliphatic imine (C=N–C) groups is 1. The molecule has 0 bridgehead atoms. The zero-order chi connectivity index (χ0) is 16.4. The lowest BCUT2D eigenvalue weighted by Gasteiger charge is -2.18. The molecule has 6 heteroatoms. The van der Waals surface area contributed by atoms with Crippen molar-refractivity contribution in [3.8, 4) is 11.5 Å². The Morgan fingerprint density at radius 1 is 1.12 bits per heavy atom. The van der Waals surface area contributed by atoms with Crippen LogP contribution < -0.4 is 14.8 Å². The SMILES string of the molecule is O=C1NC(=NC2CCCCC2)SC1=Cc1ccc2c(c1)OCCO2. The summed E-state index contributed by atoms with van der Waals surface area (Å²) in [6, 6.07) is 6.08. The number of amides is 1. The summed E-state index contributed by atoms with van der Waals surface area (Å²) >= 11 is 1.42. The Hall–Kier alpha value is -1.95. The number of nitrogens with zero attached hydrogens (tertiary/aromatic N) is 1. The predicted octanol–water partition coefficient (Wildman–Crippen LogP) is 3.35. The lowest BCUT2D eigenvalue weighted by atomic mass is 9.96. The van der Waals surface area contributed by atoms with Crippen LogP contribution in [0.15, 0.2) is 28.1 Å². The highest BCUT2D eigenvalue weighted by atomic mass is 32.2. The first-order valence-corrected chi connectivity index (χ1v) is 9.28. The fourth-order valence-corrected chi connectivity index (χ4v) is 4.06. The van der Waals surface area contributed by atoms with E-state index in [0.717, 1.165) is 35.1 Å². The molecule has 24 heavy (non-hydrogen) atoms. The number of benzene rings is 1. The smallest absolute Gasteiger partial charge is 0.264 e. The fraction of sp³-hybridized carbons (Fsp3) is 0.444. The number of nitrogens with one attached hydrogen (secondary N) is 1. The van der Waals surface area contributed by atoms with Crippen LogP contribution in [-0.2, 0) is 4.79 Å². The average molecular weight is 344 g/mol. The minimum Gasteiger partial charge on any atom is -0.486 e. The van der Waals surface area contributed by atoms with Gasteiger partial charge >= 0.3 is 0 Å². The molecule has 0 spiro atoms. The largest absolute Gasteiger partial charge is 0.486 e. The topological polar surface area (TPSA) is 59.9 Å². The van der Waals surface area contributed by atoms with Gasteiger partial charge in [0.05, 0.1) is 10.9 Å². The van der Waals surface area contributed by atoms with E-state index in [-0.39, 0.29) is 5.91 Å². The summed E-state index contributed by atoms with van der Waals surface area (Å²) < 4.78 is 11.1. The minimum absolute atomic E-state index is 0.0792. The first-order chi connectivity index (χ1) is 11.8. The predicted molar refractivity (Wildman–Crippen MR) is 95.5 cm³/mol. The zero-order valence-electron chi connectivity index (χ0n) is 13.4. The van der Waals surface area contributed by atoms with Crippen molar-refractivity contribution in [3.05, 3.63) is 28.7 Å². The zero-order valence-corrected chi connectivity index (χ0v) is 14.2. The second-order valence-electron chi connectivity index (χ2n) is 6.19. The number of thioether (sulfide) groups is 1. The van der Waals surface area contributed by atoms with Gasteiger partial charge in [0.2, 0.25) is 0 Å². The molecule has 2 aliphatic heterocycles. The third-order valence-electron chi connectivity index (χ3n) is 4.39. The maximum absolute atomic E-state index is 12.2. The van der Waals surface area contributed by atoms with Crippen LogP contribution in [0.2, 0.25) is 0 Å². The number of fused-ring (bicyclic) bond motifs is 1. The number of ether oxygens (including phenoxy) is 2. The second-order valence-corrected chi connectivity index (χ2v) is 7.22. The van der Waals surface area contributed by atoms with E-state index in [0.29, 0.717) is 24.2 Å². The quantitative estimate of drug-likeness (QED) is 0.836. The van der Waals surface area contributed by atoms with Gasteiger partial charge in [-0.2, -0.15) is 0 Å². The first kappa shape index (κ1) is 15.6. The number of amidine groups is 1. The van der Waals surface area contributed by atoms with Crippen LogP contribution in [0.3, 0.4) is 0 Å². The van der Waals surface area contributed by atoms with Crippen LogP contribution in [0, 0.1) is 0 Å². The Bertz CT molecular complexity index is 708. The van der Waals surface area contributed by atoms with Gasteiger partial charge in [0.1, 0.15) is 13.2 Å². The maximum atomic E-state index is 12.2. The monoisotopic (exact) mass is 344 g/mol. The van der Waals surface area contributed by atoms with Crippen molar-refractivity contribution in [2.24, 2.45) is 4.99 Å². The van der Waals surface area contributed by atoms with Gasteiger partial charge in [-0.3, -0.25) is 9.79 Å². The molecule has 1 aromatic carbocycles. The van der Waals surface area contributed by atoms with Crippen molar-refractivity contribution in [2.45, 2.75) is 38.1 Å². The summed E-state index contributed by atoms with van der Waals surface area (Å²) in [5.41, 5.74) is 0.927. The highest BCUT2D eigenvalue weighted by molar-refractivity contribution is 8.18. The Balaban J connectivity index is 1.50. The summed E-state index contributed by atoms with van der Waals surface area (Å²) in [5, 5.41) is 3.62. The lowest BCUT2D eigenvalue weighted by molar-refractivity contribution is -0.115. The molecule has 1 saturated heterocycles. The van der Waals surface area contributed by atoms with Gasteiger partial charge in [0, 0.05) is 0 Å². The van der Waals surface area contributed by atoms with Crippen molar-refractivity contribution >= 4 is 28.9 Å². The molecule has 4 rings (SSSR count). The molecule has 1 aromatic rings. The van der Waals surface area contributed by atoms with Gasteiger partial charge in [-0.05, 0) is 48.4 Å². The van der Waals surface area contributed by atoms with Gasteiger partial charge in [-0.25, -0.2) is 0 Å². The van der Waals surface area contributed by atoms with Crippen molar-refractivity contribution in [2.75, 3.05) is 13.2 Å². The molecule has 1 aliphatic carbocycles. The van der Waals surface area contributed by atoms with Crippen LogP contribution in [0.4, 0.5) is 0 Å². The molecular formula is C18H20N2O3S. The van der Waals surface area contributed by atoms with Crippen LogP contribution in [0.5, 0.6) is 11.5 Å². The van der Waals surface area contributed by atoms with E-state index in [1.807, 2.05) is 24.3 Å². The molecule has 0 radical (unpaired) electrons. The second kappa shape index (κ2) is 6.89. The minimum atomic E-state index is -0.0792. The van der Waals surface area contributed by atoms with Crippen molar-refractivity contribution < 1.29 is 14.3 Å². The molecule has 0 unspecified atom stereocenters. The van der Waals surface area contributed by atoms with Crippen molar-refractivity contribution in [1.29, 1.82) is 0 Å². The Morgan fingerprint density at radius 2 is 1.92 bits per heavy atom. The van der Waals surface area contributed by atoms with E-state index in [1.165, 1.54) is 31.0 Å². The number of carbonyl (C=O) groups is 1. The summed E-state index contributed by atoms with van der Waals surface area (Å²) in [6.07, 6.45) is 7.90. The Labute approximate surface area is 145 Å². The van der Waals surface area contributed by atoms with E-state index >= 15 is 0 Å². The molecular weight excluding hydrogens is 324 g/mol. The molecule has 2 fully saturated rings. The highest BCUT2D eigenvalue weighted by Crippen LogP contribution is 2.33. The number of carbonyl (C=O) groups excluding carboxylic acids is 1. The number of rotatable bonds is 2. The van der Waals surface area contributed by atoms with Gasteiger partial charge < -0.3 is 14.8 Å². The fourth-order valence-electron chi connectivity index (χ4n) is 3.17. The molecule has 1 amide bonds. The molecule has 3 aliphatic rings. The summed E-state index contributed by atoms with van der Waals surface area (Å²) in [5.74, 6) is 1.41. The molecule has 0 atom stereocenters. The van der Waals surface area contributed by atoms with E-state index < -0.39 is 0 Å². The van der Waals surface area contributed by atoms with E-state index in [9.17, 15) is 4.79 Å². The third-order valence-corrected chi connectivity index (χ3v) is 5.31. The summed E-state index contributed by atoms with van der Waals surface area (Å²) in [7, 11) is 0. The molecule has 0 aromatic heterocycles. The summed E-state index contributed by atoms with van der Waals surface area (Å²) in [4.78, 5) is 17.6. The number of hydrogen-bond donors (Lipinski definition) is 1. The maximum Gasteiger partial charge on any atom is 0.264 e. The highest BCUT2D eigenvalue weighted by Gasteiger charge is 2.25. The van der Waals surface area contributed by atoms with Gasteiger partial charge in [-0.15, -0.1) is 0 Å². The van der Waals surface area contributed by atoms with E-state index in [1.54, 1.807) is 0 Å². The Morgan fingerprint density at radius 3 is 2.75 bits per heavy atom. The number of hydrogen-bond acceptors (Lipinski definition) is 5. The summed E-state index contributed by atoms with van der Waals surface area (Å²) in [6.45, 7) is 1.13. The van der Waals surface area contributed by atoms with Crippen LogP contribution in [0.25, 0.3) is 6.08 Å². The lowest BCUT2D eigenvalue weighted by Crippen LogP contribution is -2.22. The van der Waals surface area contributed by atoms with Crippen molar-refractivity contribution in [1.82, 2.24) is 5.32 Å². The van der Waals surface area contributed by atoms with Gasteiger partial charge in [0.15, 0.2) is 16.7 Å². The van der Waals surface area contributed by atoms with Crippen molar-refractivity contribution in [3.63, 3.8) is 0 Å². The third kappa shape index (κ3) is 3.43. The molecule has 126 valence electrons. The Kier molecular flexibility index (Phi) is 4.47. The van der Waals surface area contributed by atoms with E-state index in [2.05, 4.69) is 5.32 Å². The first-order valence-electron chi connectivity index (χ1n) is 8.46. The molecule has 1 N–H and O–H groups in total. The standard InChI is InChI=1S/C18H20N2O3S/c21-17-16(24-18(20-17)19-13-4-2-1-3-5-13)11-12-6-7-14-15(10-12)23-9-8-22-14/h6-7,10-11,13H,1-5,8-9H2,(H,19,20,21). The molecule has 2 heterocycles. The van der Waals surface area contributed by atoms with Crippen LogP contribution >= 0.6 is 11.8 Å². The normalized spacial score (nSPS) is 24.4. The van der Waals surface area contributed by atoms with Crippen LogP contribution in [-0.4, -0.2) is 30.3 Å². The molecule has 1 saturated carbocycles.